The second-order valence-electron chi connectivity index (χ2n) is 6.57. The van der Waals surface area contributed by atoms with E-state index in [1.54, 1.807) is 0 Å². The van der Waals surface area contributed by atoms with Crippen LogP contribution in [0.4, 0.5) is 0 Å². The summed E-state index contributed by atoms with van der Waals surface area (Å²) in [5, 5.41) is 3.33. The fourth-order valence-corrected chi connectivity index (χ4v) is 2.83. The average Bonchev–Trinajstić information content (AvgIpc) is 2.60. The van der Waals surface area contributed by atoms with Gasteiger partial charge in [-0.2, -0.15) is 0 Å². The van der Waals surface area contributed by atoms with Gasteiger partial charge in [0.15, 0.2) is 0 Å². The predicted octanol–water partition coefficient (Wildman–Crippen LogP) is 3.16. The normalized spacial score (nSPS) is 27.5. The molecule has 0 saturated carbocycles. The third kappa shape index (κ3) is 7.79. The Hall–Kier alpha value is -0.200. The molecule has 1 aliphatic heterocycles. The first kappa shape index (κ1) is 21.8. The second-order valence-corrected chi connectivity index (χ2v) is 6.57. The van der Waals surface area contributed by atoms with Gasteiger partial charge in [-0.25, -0.2) is 0 Å². The fraction of sp³-hybridized carbons (Fsp3) is 1.00. The Morgan fingerprint density at radius 2 is 1.46 bits per heavy atom. The smallest absolute Gasteiger partial charge is 0.114 e. The average molecular weight is 346 g/mol. The molecule has 1 aliphatic rings. The molecule has 0 amide bonds. The van der Waals surface area contributed by atoms with Gasteiger partial charge in [0.25, 0.3) is 0 Å². The molecule has 5 nitrogen and oxygen atoms in total. The van der Waals surface area contributed by atoms with Crippen LogP contribution in [0.2, 0.25) is 0 Å². The van der Waals surface area contributed by atoms with Gasteiger partial charge in [0, 0.05) is 19.8 Å². The van der Waals surface area contributed by atoms with Crippen LogP contribution in [0.25, 0.3) is 0 Å². The van der Waals surface area contributed by atoms with Gasteiger partial charge in [-0.05, 0) is 26.3 Å². The van der Waals surface area contributed by atoms with E-state index in [1.807, 2.05) is 7.05 Å². The van der Waals surface area contributed by atoms with E-state index in [0.717, 1.165) is 58.3 Å². The summed E-state index contributed by atoms with van der Waals surface area (Å²) in [6, 6.07) is 0.167. The van der Waals surface area contributed by atoms with Crippen LogP contribution < -0.4 is 5.32 Å². The molecule has 1 N–H and O–H groups in total. The molecule has 1 fully saturated rings. The Morgan fingerprint density at radius 1 is 0.875 bits per heavy atom. The lowest BCUT2D eigenvalue weighted by Crippen LogP contribution is -2.60. The molecule has 1 heterocycles. The molecule has 0 unspecified atom stereocenters. The molecule has 1 saturated heterocycles. The highest BCUT2D eigenvalue weighted by Gasteiger charge is 2.41. The first-order valence-electron chi connectivity index (χ1n) is 9.88. The van der Waals surface area contributed by atoms with Gasteiger partial charge >= 0.3 is 0 Å². The number of ether oxygens (including phenoxy) is 4. The summed E-state index contributed by atoms with van der Waals surface area (Å²) in [6.07, 6.45) is 6.54. The van der Waals surface area contributed by atoms with Crippen molar-refractivity contribution in [2.45, 2.75) is 83.6 Å². The van der Waals surface area contributed by atoms with Crippen molar-refractivity contribution < 1.29 is 18.9 Å². The van der Waals surface area contributed by atoms with E-state index in [2.05, 4.69) is 26.1 Å². The minimum atomic E-state index is -0.0683. The first-order chi connectivity index (χ1) is 11.8. The van der Waals surface area contributed by atoms with Crippen LogP contribution in [0.15, 0.2) is 0 Å². The van der Waals surface area contributed by atoms with Crippen LogP contribution in [-0.2, 0) is 18.9 Å². The third-order valence-corrected chi connectivity index (χ3v) is 4.49. The van der Waals surface area contributed by atoms with Crippen molar-refractivity contribution in [2.75, 3.05) is 40.1 Å². The van der Waals surface area contributed by atoms with Crippen LogP contribution in [-0.4, -0.2) is 64.4 Å². The van der Waals surface area contributed by atoms with Crippen LogP contribution in [0.5, 0.6) is 0 Å². The van der Waals surface area contributed by atoms with Gasteiger partial charge in [-0.1, -0.05) is 40.0 Å². The Balaban J connectivity index is 2.64. The third-order valence-electron chi connectivity index (χ3n) is 4.49. The number of nitrogens with one attached hydrogen (secondary N) is 1. The molecule has 5 heteroatoms. The summed E-state index contributed by atoms with van der Waals surface area (Å²) in [4.78, 5) is 0. The number of likely N-dealkylation sites (N-methyl/N-ethyl adjacent to an activating group) is 1. The van der Waals surface area contributed by atoms with Crippen LogP contribution in [0, 0.1) is 0 Å². The van der Waals surface area contributed by atoms with E-state index in [0.29, 0.717) is 13.2 Å². The van der Waals surface area contributed by atoms with Gasteiger partial charge < -0.3 is 24.3 Å². The molecule has 144 valence electrons. The summed E-state index contributed by atoms with van der Waals surface area (Å²) < 4.78 is 24.3. The highest BCUT2D eigenvalue weighted by Crippen LogP contribution is 2.23. The SMILES string of the molecule is CCCCOC[C@H]1OC[C@@H](NC)[C@@H](OCCCC)[C@H]1OCCCC. The molecule has 4 atom stereocenters. The highest BCUT2D eigenvalue weighted by atomic mass is 16.6. The summed E-state index contributed by atoms with van der Waals surface area (Å²) in [6.45, 7) is 10.1. The minimum Gasteiger partial charge on any atom is -0.379 e. The van der Waals surface area contributed by atoms with Crippen LogP contribution >= 0.6 is 0 Å². The van der Waals surface area contributed by atoms with Gasteiger partial charge in [0.2, 0.25) is 0 Å². The number of unbranched alkanes of at least 4 members (excludes halogenated alkanes) is 3. The molecular formula is C19H39NO4. The molecule has 0 aromatic carbocycles. The summed E-state index contributed by atoms with van der Waals surface area (Å²) in [7, 11) is 1.96. The van der Waals surface area contributed by atoms with E-state index in [1.165, 1.54) is 0 Å². The van der Waals surface area contributed by atoms with E-state index >= 15 is 0 Å². The topological polar surface area (TPSA) is 49.0 Å². The van der Waals surface area contributed by atoms with Gasteiger partial charge in [0.1, 0.15) is 18.3 Å². The highest BCUT2D eigenvalue weighted by molar-refractivity contribution is 4.92. The van der Waals surface area contributed by atoms with Gasteiger partial charge in [0.05, 0.1) is 19.3 Å². The van der Waals surface area contributed by atoms with E-state index in [9.17, 15) is 0 Å². The zero-order chi connectivity index (χ0) is 17.6. The molecule has 0 bridgehead atoms. The lowest BCUT2D eigenvalue weighted by atomic mass is 9.97. The van der Waals surface area contributed by atoms with E-state index < -0.39 is 0 Å². The fourth-order valence-electron chi connectivity index (χ4n) is 2.83. The molecule has 0 aromatic heterocycles. The van der Waals surface area contributed by atoms with E-state index in [-0.39, 0.29) is 24.4 Å². The second kappa shape index (κ2) is 14.0. The number of hydrogen-bond donors (Lipinski definition) is 1. The number of rotatable bonds is 14. The molecule has 1 rings (SSSR count). The largest absolute Gasteiger partial charge is 0.379 e. The number of hydrogen-bond acceptors (Lipinski definition) is 5. The lowest BCUT2D eigenvalue weighted by molar-refractivity contribution is -0.201. The zero-order valence-corrected chi connectivity index (χ0v) is 16.2. The summed E-state index contributed by atoms with van der Waals surface area (Å²) in [5.41, 5.74) is 0. The van der Waals surface area contributed by atoms with Crippen molar-refractivity contribution >= 4 is 0 Å². The van der Waals surface area contributed by atoms with Crippen molar-refractivity contribution in [1.82, 2.24) is 5.32 Å². The monoisotopic (exact) mass is 345 g/mol. The molecule has 0 aromatic rings. The summed E-state index contributed by atoms with van der Waals surface area (Å²) >= 11 is 0. The van der Waals surface area contributed by atoms with Crippen molar-refractivity contribution in [1.29, 1.82) is 0 Å². The maximum absolute atomic E-state index is 6.20. The lowest BCUT2D eigenvalue weighted by Gasteiger charge is -2.42. The molecule has 24 heavy (non-hydrogen) atoms. The standard InChI is InChI=1S/C19H39NO4/c1-5-8-11-21-15-17-19(23-13-10-7-3)18(22-12-9-6-2)16(20-4)14-24-17/h16-20H,5-15H2,1-4H3/t16-,17-,18-,19+/m1/s1. The maximum atomic E-state index is 6.20. The first-order valence-corrected chi connectivity index (χ1v) is 9.88. The van der Waals surface area contributed by atoms with Crippen LogP contribution in [0.3, 0.4) is 0 Å². The zero-order valence-electron chi connectivity index (χ0n) is 16.2. The van der Waals surface area contributed by atoms with Crippen molar-refractivity contribution in [3.63, 3.8) is 0 Å². The van der Waals surface area contributed by atoms with Crippen molar-refractivity contribution in [2.24, 2.45) is 0 Å². The molecule has 0 aliphatic carbocycles. The maximum Gasteiger partial charge on any atom is 0.114 e. The Bertz CT molecular complexity index is 291. The van der Waals surface area contributed by atoms with Crippen molar-refractivity contribution in [3.8, 4) is 0 Å². The summed E-state index contributed by atoms with van der Waals surface area (Å²) in [5.74, 6) is 0. The van der Waals surface area contributed by atoms with Gasteiger partial charge in [-0.15, -0.1) is 0 Å². The Kier molecular flexibility index (Phi) is 12.8. The van der Waals surface area contributed by atoms with E-state index in [4.69, 9.17) is 18.9 Å². The predicted molar refractivity (Wildman–Crippen MR) is 97.6 cm³/mol. The van der Waals surface area contributed by atoms with Crippen LogP contribution in [0.1, 0.15) is 59.3 Å². The minimum absolute atomic E-state index is 0.0203. The molecule has 0 radical (unpaired) electrons. The molecule has 0 spiro atoms. The Labute approximate surface area is 148 Å². The molecular weight excluding hydrogens is 306 g/mol. The Morgan fingerprint density at radius 3 is 2.04 bits per heavy atom. The van der Waals surface area contributed by atoms with Gasteiger partial charge in [-0.3, -0.25) is 0 Å². The van der Waals surface area contributed by atoms with Crippen molar-refractivity contribution in [3.05, 3.63) is 0 Å². The quantitative estimate of drug-likeness (QED) is 0.490.